The van der Waals surface area contributed by atoms with Crippen LogP contribution in [-0.4, -0.2) is 19.8 Å². The highest BCUT2D eigenvalue weighted by molar-refractivity contribution is 7.51. The van der Waals surface area contributed by atoms with E-state index in [2.05, 4.69) is 12.0 Å². The van der Waals surface area contributed by atoms with Gasteiger partial charge < -0.3 is 0 Å². The van der Waals surface area contributed by atoms with Gasteiger partial charge in [-0.3, -0.25) is 9.05 Å². The Morgan fingerprint density at radius 1 is 1.00 bits per heavy atom. The topological polar surface area (TPSA) is 47.6 Å². The second-order valence-electron chi connectivity index (χ2n) is 3.30. The molecule has 0 aromatic carbocycles. The SMILES string of the molecule is CCCCCCNP(=O)(OCC)OCC. The normalized spacial score (nSPS) is 11.9. The standard InChI is InChI=1S/C10H24NO3P/c1-4-7-8-9-10-11-15(12,13-5-2)14-6-3/h4-10H2,1-3H3,(H,11,12). The summed E-state index contributed by atoms with van der Waals surface area (Å²) in [6.07, 6.45) is 4.59. The van der Waals surface area contributed by atoms with Gasteiger partial charge >= 0.3 is 7.75 Å². The van der Waals surface area contributed by atoms with Gasteiger partial charge in [-0.25, -0.2) is 9.65 Å². The van der Waals surface area contributed by atoms with E-state index in [9.17, 15) is 4.57 Å². The Kier molecular flexibility index (Phi) is 9.41. The highest BCUT2D eigenvalue weighted by atomic mass is 31.2. The molecule has 0 bridgehead atoms. The van der Waals surface area contributed by atoms with Gasteiger partial charge in [0, 0.05) is 6.54 Å². The molecule has 0 radical (unpaired) electrons. The van der Waals surface area contributed by atoms with Crippen molar-refractivity contribution >= 4 is 7.75 Å². The molecule has 0 aromatic rings. The molecule has 0 fully saturated rings. The van der Waals surface area contributed by atoms with E-state index < -0.39 is 7.75 Å². The summed E-state index contributed by atoms with van der Waals surface area (Å²) >= 11 is 0. The number of unbranched alkanes of at least 4 members (excludes halogenated alkanes) is 3. The first-order valence-corrected chi connectivity index (χ1v) is 7.37. The zero-order chi connectivity index (χ0) is 11.6. The molecule has 0 aromatic heterocycles. The van der Waals surface area contributed by atoms with Gasteiger partial charge in [0.1, 0.15) is 0 Å². The summed E-state index contributed by atoms with van der Waals surface area (Å²) in [6.45, 7) is 7.28. The highest BCUT2D eigenvalue weighted by Crippen LogP contribution is 2.43. The van der Waals surface area contributed by atoms with Crippen LogP contribution in [-0.2, 0) is 13.6 Å². The Balaban J connectivity index is 3.71. The van der Waals surface area contributed by atoms with Crippen LogP contribution in [0, 0.1) is 0 Å². The average Bonchev–Trinajstić information content (AvgIpc) is 2.18. The second kappa shape index (κ2) is 9.34. The van der Waals surface area contributed by atoms with Crippen molar-refractivity contribution in [3.63, 3.8) is 0 Å². The molecule has 92 valence electrons. The van der Waals surface area contributed by atoms with E-state index >= 15 is 0 Å². The predicted molar refractivity (Wildman–Crippen MR) is 63.0 cm³/mol. The summed E-state index contributed by atoms with van der Waals surface area (Å²) in [5.74, 6) is 0. The van der Waals surface area contributed by atoms with Crippen LogP contribution in [0.1, 0.15) is 46.5 Å². The minimum Gasteiger partial charge on any atom is -0.297 e. The molecule has 0 aliphatic heterocycles. The van der Waals surface area contributed by atoms with Gasteiger partial charge in [-0.1, -0.05) is 26.2 Å². The third-order valence-corrected chi connectivity index (χ3v) is 3.74. The van der Waals surface area contributed by atoms with Crippen molar-refractivity contribution in [1.29, 1.82) is 0 Å². The van der Waals surface area contributed by atoms with Gasteiger partial charge in [-0.15, -0.1) is 0 Å². The summed E-state index contributed by atoms with van der Waals surface area (Å²) in [5.41, 5.74) is 0. The Morgan fingerprint density at radius 2 is 1.60 bits per heavy atom. The Labute approximate surface area is 93.3 Å². The Morgan fingerprint density at radius 3 is 2.07 bits per heavy atom. The lowest BCUT2D eigenvalue weighted by atomic mass is 10.2. The van der Waals surface area contributed by atoms with Crippen LogP contribution < -0.4 is 5.09 Å². The lowest BCUT2D eigenvalue weighted by molar-refractivity contribution is 0.210. The van der Waals surface area contributed by atoms with Crippen LogP contribution in [0.4, 0.5) is 0 Å². The van der Waals surface area contributed by atoms with Gasteiger partial charge in [0.2, 0.25) is 0 Å². The molecule has 0 rings (SSSR count). The Bertz CT molecular complexity index is 178. The van der Waals surface area contributed by atoms with Crippen molar-refractivity contribution < 1.29 is 13.6 Å². The number of hydrogen-bond donors (Lipinski definition) is 1. The van der Waals surface area contributed by atoms with Crippen molar-refractivity contribution in [3.8, 4) is 0 Å². The van der Waals surface area contributed by atoms with Crippen molar-refractivity contribution in [2.75, 3.05) is 19.8 Å². The van der Waals surface area contributed by atoms with E-state index in [1.54, 1.807) is 0 Å². The lowest BCUT2D eigenvalue weighted by Gasteiger charge is -2.17. The monoisotopic (exact) mass is 237 g/mol. The van der Waals surface area contributed by atoms with Crippen molar-refractivity contribution in [2.45, 2.75) is 46.5 Å². The van der Waals surface area contributed by atoms with Crippen LogP contribution in [0.3, 0.4) is 0 Å². The number of hydrogen-bond acceptors (Lipinski definition) is 3. The van der Waals surface area contributed by atoms with Gasteiger partial charge in [0.25, 0.3) is 0 Å². The van der Waals surface area contributed by atoms with E-state index in [1.807, 2.05) is 13.8 Å². The summed E-state index contributed by atoms with van der Waals surface area (Å²) in [6, 6.07) is 0. The number of nitrogens with one attached hydrogen (secondary N) is 1. The molecule has 1 N–H and O–H groups in total. The van der Waals surface area contributed by atoms with E-state index in [1.165, 1.54) is 12.8 Å². The molecule has 0 saturated heterocycles. The third-order valence-electron chi connectivity index (χ3n) is 1.93. The maximum atomic E-state index is 11.9. The molecule has 0 aliphatic carbocycles. The molecule has 0 spiro atoms. The summed E-state index contributed by atoms with van der Waals surface area (Å²) in [4.78, 5) is 0. The molecular formula is C10H24NO3P. The zero-order valence-corrected chi connectivity index (χ0v) is 11.0. The maximum Gasteiger partial charge on any atom is 0.405 e. The zero-order valence-electron chi connectivity index (χ0n) is 10.1. The van der Waals surface area contributed by atoms with Crippen LogP contribution in [0.2, 0.25) is 0 Å². The van der Waals surface area contributed by atoms with Crippen LogP contribution in [0.5, 0.6) is 0 Å². The van der Waals surface area contributed by atoms with E-state index in [-0.39, 0.29) is 0 Å². The fraction of sp³-hybridized carbons (Fsp3) is 1.00. The summed E-state index contributed by atoms with van der Waals surface area (Å²) in [5, 5.41) is 2.87. The molecule has 0 unspecified atom stereocenters. The van der Waals surface area contributed by atoms with E-state index in [4.69, 9.17) is 9.05 Å². The smallest absolute Gasteiger partial charge is 0.297 e. The van der Waals surface area contributed by atoms with Gasteiger partial charge in [-0.05, 0) is 20.3 Å². The van der Waals surface area contributed by atoms with Gasteiger partial charge in [0.05, 0.1) is 13.2 Å². The second-order valence-corrected chi connectivity index (χ2v) is 5.13. The molecule has 0 atom stereocenters. The van der Waals surface area contributed by atoms with E-state index in [0.717, 1.165) is 12.8 Å². The van der Waals surface area contributed by atoms with Gasteiger partial charge in [-0.2, -0.15) is 0 Å². The third kappa shape index (κ3) is 7.97. The quantitative estimate of drug-likeness (QED) is 0.467. The minimum absolute atomic E-state index is 0.402. The Hall–Kier alpha value is 0.110. The average molecular weight is 237 g/mol. The fourth-order valence-electron chi connectivity index (χ4n) is 1.24. The predicted octanol–water partition coefficient (Wildman–Crippen LogP) is 3.34. The largest absolute Gasteiger partial charge is 0.405 e. The van der Waals surface area contributed by atoms with E-state index in [0.29, 0.717) is 19.8 Å². The molecular weight excluding hydrogens is 213 g/mol. The van der Waals surface area contributed by atoms with Crippen LogP contribution in [0.25, 0.3) is 0 Å². The first-order chi connectivity index (χ1) is 7.18. The molecule has 15 heavy (non-hydrogen) atoms. The molecule has 0 saturated carbocycles. The van der Waals surface area contributed by atoms with Gasteiger partial charge in [0.15, 0.2) is 0 Å². The lowest BCUT2D eigenvalue weighted by Crippen LogP contribution is -2.16. The highest BCUT2D eigenvalue weighted by Gasteiger charge is 2.21. The summed E-state index contributed by atoms with van der Waals surface area (Å²) < 4.78 is 22.1. The summed E-state index contributed by atoms with van der Waals surface area (Å²) in [7, 11) is -3.02. The van der Waals surface area contributed by atoms with Crippen molar-refractivity contribution in [3.05, 3.63) is 0 Å². The first-order valence-electron chi connectivity index (χ1n) is 5.82. The minimum atomic E-state index is -3.02. The van der Waals surface area contributed by atoms with Crippen molar-refractivity contribution in [2.24, 2.45) is 0 Å². The molecule has 0 aliphatic rings. The molecule has 0 heterocycles. The first kappa shape index (κ1) is 15.1. The fourth-order valence-corrected chi connectivity index (χ4v) is 2.61. The molecule has 4 nitrogen and oxygen atoms in total. The van der Waals surface area contributed by atoms with Crippen LogP contribution in [0.15, 0.2) is 0 Å². The molecule has 0 amide bonds. The number of rotatable bonds is 10. The molecule has 5 heteroatoms. The maximum absolute atomic E-state index is 11.9. The van der Waals surface area contributed by atoms with Crippen molar-refractivity contribution in [1.82, 2.24) is 5.09 Å². The van der Waals surface area contributed by atoms with Crippen LogP contribution >= 0.6 is 7.75 Å².